The van der Waals surface area contributed by atoms with Crippen LogP contribution >= 0.6 is 0 Å². The Hall–Kier alpha value is -2.90. The second kappa shape index (κ2) is 7.52. The first-order valence-corrected chi connectivity index (χ1v) is 5.66. The predicted octanol–water partition coefficient (Wildman–Crippen LogP) is 0.317. The van der Waals surface area contributed by atoms with Gasteiger partial charge in [-0.2, -0.15) is 0 Å². The van der Waals surface area contributed by atoms with Crippen LogP contribution in [0.4, 0.5) is 0 Å². The van der Waals surface area contributed by atoms with Crippen LogP contribution < -0.4 is 11.5 Å². The third-order valence-corrected chi connectivity index (χ3v) is 2.22. The van der Waals surface area contributed by atoms with E-state index in [1.807, 2.05) is 35.9 Å². The van der Waals surface area contributed by atoms with Gasteiger partial charge in [0.2, 0.25) is 6.41 Å². The van der Waals surface area contributed by atoms with Gasteiger partial charge in [0, 0.05) is 7.05 Å². The molecule has 1 amide bonds. The first-order valence-electron chi connectivity index (χ1n) is 5.66. The molecule has 8 heteroatoms. The van der Waals surface area contributed by atoms with Crippen molar-refractivity contribution < 1.29 is 9.73 Å². The highest BCUT2D eigenvalue weighted by Crippen LogP contribution is 2.12. The number of carbonyl (C=O) groups excluding carboxylic acids is 1. The Morgan fingerprint density at radius 3 is 2.70 bits per heavy atom. The average Bonchev–Trinajstić information content (AvgIpc) is 2.73. The molecule has 0 fully saturated rings. The molecule has 2 rings (SSSR count). The number of nitrogens with zero attached hydrogens (tertiary/aromatic N) is 4. The summed E-state index contributed by atoms with van der Waals surface area (Å²) in [5.41, 5.74) is 11.4. The zero-order chi connectivity index (χ0) is 15.0. The summed E-state index contributed by atoms with van der Waals surface area (Å²) < 4.78 is 1.92. The SMILES string of the molecule is C/C(N)=N\O/N=C/c1nc2ccccc2n1C.NC=O. The molecule has 1 aromatic carbocycles. The molecule has 0 saturated carbocycles. The molecule has 0 bridgehead atoms. The maximum Gasteiger partial charge on any atom is 0.204 e. The molecule has 106 valence electrons. The largest absolute Gasteiger partial charge is 0.385 e. The van der Waals surface area contributed by atoms with Crippen molar-refractivity contribution in [2.75, 3.05) is 0 Å². The van der Waals surface area contributed by atoms with Crippen LogP contribution in [0.3, 0.4) is 0 Å². The number of amidine groups is 1. The molecular formula is C12H16N6O2. The van der Waals surface area contributed by atoms with E-state index in [2.05, 4.69) is 26.0 Å². The van der Waals surface area contributed by atoms with Crippen LogP contribution in [0.25, 0.3) is 11.0 Å². The van der Waals surface area contributed by atoms with Crippen LogP contribution in [-0.4, -0.2) is 28.0 Å². The quantitative estimate of drug-likeness (QED) is 0.363. The zero-order valence-corrected chi connectivity index (χ0v) is 11.2. The van der Waals surface area contributed by atoms with Gasteiger partial charge >= 0.3 is 0 Å². The van der Waals surface area contributed by atoms with Gasteiger partial charge in [-0.25, -0.2) is 9.92 Å². The molecule has 2 aromatic rings. The van der Waals surface area contributed by atoms with Crippen molar-refractivity contribution in [2.24, 2.45) is 28.8 Å². The van der Waals surface area contributed by atoms with Gasteiger partial charge in [-0.15, -0.1) is 0 Å². The summed E-state index contributed by atoms with van der Waals surface area (Å²) in [6.45, 7) is 1.62. The molecule has 0 aliphatic carbocycles. The Morgan fingerprint density at radius 1 is 1.45 bits per heavy atom. The van der Waals surface area contributed by atoms with E-state index >= 15 is 0 Å². The first kappa shape index (κ1) is 15.2. The predicted molar refractivity (Wildman–Crippen MR) is 76.9 cm³/mol. The van der Waals surface area contributed by atoms with Gasteiger partial charge in [0.1, 0.15) is 12.1 Å². The number of amides is 1. The smallest absolute Gasteiger partial charge is 0.204 e. The summed E-state index contributed by atoms with van der Waals surface area (Å²) >= 11 is 0. The maximum atomic E-state index is 8.58. The Balaban J connectivity index is 0.000000612. The Bertz CT molecular complexity index is 628. The fraction of sp³-hybridized carbons (Fsp3) is 0.167. The van der Waals surface area contributed by atoms with Gasteiger partial charge in [0.25, 0.3) is 0 Å². The number of rotatable bonds is 3. The van der Waals surface area contributed by atoms with Crippen LogP contribution in [0.2, 0.25) is 0 Å². The second-order valence-electron chi connectivity index (χ2n) is 3.70. The molecule has 0 spiro atoms. The molecule has 1 heterocycles. The highest BCUT2D eigenvalue weighted by molar-refractivity contribution is 5.84. The minimum absolute atomic E-state index is 0.250. The number of hydrogen-bond donors (Lipinski definition) is 2. The van der Waals surface area contributed by atoms with Crippen molar-refractivity contribution in [3.05, 3.63) is 30.1 Å². The first-order chi connectivity index (χ1) is 9.60. The lowest BCUT2D eigenvalue weighted by Gasteiger charge is -1.95. The number of imidazole rings is 1. The molecule has 0 aliphatic heterocycles. The number of aryl methyl sites for hydroxylation is 1. The Kier molecular flexibility index (Phi) is 5.70. The van der Waals surface area contributed by atoms with E-state index in [4.69, 9.17) is 10.5 Å². The number of nitrogens with two attached hydrogens (primary N) is 2. The van der Waals surface area contributed by atoms with E-state index < -0.39 is 0 Å². The van der Waals surface area contributed by atoms with E-state index in [0.29, 0.717) is 11.7 Å². The van der Waals surface area contributed by atoms with Crippen molar-refractivity contribution in [3.8, 4) is 0 Å². The van der Waals surface area contributed by atoms with E-state index in [-0.39, 0.29) is 6.41 Å². The summed E-state index contributed by atoms with van der Waals surface area (Å²) in [5.74, 6) is 1.00. The minimum atomic E-state index is 0.250. The number of primary amides is 1. The molecule has 0 radical (unpaired) electrons. The monoisotopic (exact) mass is 276 g/mol. The number of para-hydroxylation sites is 2. The number of fused-ring (bicyclic) bond motifs is 1. The van der Waals surface area contributed by atoms with Gasteiger partial charge in [0.15, 0.2) is 5.82 Å². The molecule has 0 saturated heterocycles. The van der Waals surface area contributed by atoms with E-state index in [0.717, 1.165) is 11.0 Å². The number of aromatic nitrogens is 2. The Morgan fingerprint density at radius 2 is 2.10 bits per heavy atom. The molecule has 0 atom stereocenters. The summed E-state index contributed by atoms with van der Waals surface area (Å²) in [6, 6.07) is 7.83. The molecule has 1 aromatic heterocycles. The summed E-state index contributed by atoms with van der Waals surface area (Å²) in [4.78, 5) is 17.6. The summed E-state index contributed by atoms with van der Waals surface area (Å²) in [5, 5.41) is 7.14. The molecule has 0 aliphatic rings. The van der Waals surface area contributed by atoms with Gasteiger partial charge in [-0.05, 0) is 24.2 Å². The van der Waals surface area contributed by atoms with Gasteiger partial charge < -0.3 is 16.0 Å². The van der Waals surface area contributed by atoms with Gasteiger partial charge in [-0.1, -0.05) is 17.3 Å². The molecule has 4 N–H and O–H groups in total. The molecular weight excluding hydrogens is 260 g/mol. The van der Waals surface area contributed by atoms with Crippen LogP contribution in [-0.2, 0) is 16.8 Å². The lowest BCUT2D eigenvalue weighted by molar-refractivity contribution is -0.106. The number of oxime groups is 2. The van der Waals surface area contributed by atoms with Crippen LogP contribution in [0.15, 0.2) is 34.6 Å². The molecule has 20 heavy (non-hydrogen) atoms. The lowest BCUT2D eigenvalue weighted by Crippen LogP contribution is -2.04. The summed E-state index contributed by atoms with van der Waals surface area (Å²) in [7, 11) is 1.91. The highest BCUT2D eigenvalue weighted by Gasteiger charge is 2.04. The van der Waals surface area contributed by atoms with E-state index in [1.54, 1.807) is 6.92 Å². The van der Waals surface area contributed by atoms with Crippen molar-refractivity contribution >= 4 is 29.5 Å². The number of hydrogen-bond acceptors (Lipinski definition) is 5. The van der Waals surface area contributed by atoms with Crippen molar-refractivity contribution in [3.63, 3.8) is 0 Å². The minimum Gasteiger partial charge on any atom is -0.385 e. The van der Waals surface area contributed by atoms with Crippen molar-refractivity contribution in [2.45, 2.75) is 6.92 Å². The Labute approximate surface area is 115 Å². The fourth-order valence-electron chi connectivity index (χ4n) is 1.44. The van der Waals surface area contributed by atoms with E-state index in [9.17, 15) is 0 Å². The maximum absolute atomic E-state index is 8.58. The normalized spacial score (nSPS) is 11.2. The standard InChI is InChI=1S/C11H13N5O.CH3NO/c1-8(12)15-17-13-7-11-14-9-5-3-4-6-10(9)16(11)2;2-1-3/h3-7H,1-2H3,(H2,12,15);1H,(H2,2,3)/b13-7+;. The highest BCUT2D eigenvalue weighted by atomic mass is 16.8. The number of benzene rings is 1. The van der Waals surface area contributed by atoms with Gasteiger partial charge in [0.05, 0.1) is 11.0 Å². The average molecular weight is 276 g/mol. The van der Waals surface area contributed by atoms with Crippen molar-refractivity contribution in [1.29, 1.82) is 0 Å². The molecule has 8 nitrogen and oxygen atoms in total. The third-order valence-electron chi connectivity index (χ3n) is 2.22. The van der Waals surface area contributed by atoms with E-state index in [1.165, 1.54) is 6.21 Å². The third kappa shape index (κ3) is 4.09. The zero-order valence-electron chi connectivity index (χ0n) is 11.2. The number of carbonyl (C=O) groups is 1. The van der Waals surface area contributed by atoms with Crippen LogP contribution in [0.5, 0.6) is 0 Å². The summed E-state index contributed by atoms with van der Waals surface area (Å²) in [6.07, 6.45) is 1.74. The van der Waals surface area contributed by atoms with Crippen LogP contribution in [0, 0.1) is 0 Å². The lowest BCUT2D eigenvalue weighted by atomic mass is 10.3. The van der Waals surface area contributed by atoms with Gasteiger partial charge in [-0.3, -0.25) is 4.79 Å². The molecule has 0 unspecified atom stereocenters. The van der Waals surface area contributed by atoms with Crippen molar-refractivity contribution in [1.82, 2.24) is 9.55 Å². The van der Waals surface area contributed by atoms with Crippen LogP contribution in [0.1, 0.15) is 12.7 Å². The topological polar surface area (TPSA) is 121 Å². The second-order valence-corrected chi connectivity index (χ2v) is 3.70. The fourth-order valence-corrected chi connectivity index (χ4v) is 1.44.